The summed E-state index contributed by atoms with van der Waals surface area (Å²) in [5.74, 6) is -0.401. The van der Waals surface area contributed by atoms with Gasteiger partial charge in [0.15, 0.2) is 0 Å². The molecular formula is C28H23FN2O5. The van der Waals surface area contributed by atoms with Crippen LogP contribution in [0.3, 0.4) is 0 Å². The van der Waals surface area contributed by atoms with Gasteiger partial charge in [0.25, 0.3) is 11.8 Å². The molecule has 0 bridgehead atoms. The number of nitrogens with one attached hydrogen (secondary N) is 1. The van der Waals surface area contributed by atoms with Gasteiger partial charge in [-0.1, -0.05) is 12.1 Å². The van der Waals surface area contributed by atoms with Crippen molar-refractivity contribution in [1.82, 2.24) is 4.90 Å². The van der Waals surface area contributed by atoms with Crippen LogP contribution in [0.2, 0.25) is 0 Å². The molecule has 0 aromatic heterocycles. The van der Waals surface area contributed by atoms with Gasteiger partial charge in [-0.05, 0) is 79.1 Å². The summed E-state index contributed by atoms with van der Waals surface area (Å²) in [5.41, 5.74) is 1.94. The van der Waals surface area contributed by atoms with E-state index >= 15 is 0 Å². The highest BCUT2D eigenvalue weighted by Crippen LogP contribution is 2.31. The van der Waals surface area contributed by atoms with Gasteiger partial charge < -0.3 is 14.8 Å². The Morgan fingerprint density at radius 2 is 1.72 bits per heavy atom. The van der Waals surface area contributed by atoms with Crippen LogP contribution in [0.4, 0.5) is 10.1 Å². The molecule has 182 valence electrons. The van der Waals surface area contributed by atoms with Crippen LogP contribution >= 0.6 is 0 Å². The number of hydrogen-bond donors (Lipinski definition) is 1. The summed E-state index contributed by atoms with van der Waals surface area (Å²) in [7, 11) is 0. The van der Waals surface area contributed by atoms with Gasteiger partial charge in [0.2, 0.25) is 5.91 Å². The normalized spacial score (nSPS) is 17.0. The third kappa shape index (κ3) is 5.18. The minimum Gasteiger partial charge on any atom is -0.457 e. The minimum absolute atomic E-state index is 0.111. The van der Waals surface area contributed by atoms with Crippen molar-refractivity contribution in [2.75, 3.05) is 18.5 Å². The summed E-state index contributed by atoms with van der Waals surface area (Å²) in [4.78, 5) is 38.9. The molecule has 1 N–H and O–H groups in total. The van der Waals surface area contributed by atoms with Gasteiger partial charge in [0.1, 0.15) is 17.3 Å². The van der Waals surface area contributed by atoms with Gasteiger partial charge in [-0.15, -0.1) is 0 Å². The maximum Gasteiger partial charge on any atom is 0.261 e. The summed E-state index contributed by atoms with van der Waals surface area (Å²) >= 11 is 0. The molecule has 1 fully saturated rings. The first-order chi connectivity index (χ1) is 17.5. The van der Waals surface area contributed by atoms with Gasteiger partial charge in [-0.2, -0.15) is 0 Å². The van der Waals surface area contributed by atoms with Crippen LogP contribution in [-0.2, 0) is 9.53 Å². The van der Waals surface area contributed by atoms with E-state index in [1.54, 1.807) is 60.7 Å². The molecule has 36 heavy (non-hydrogen) atoms. The van der Waals surface area contributed by atoms with E-state index in [1.165, 1.54) is 23.1 Å². The molecule has 1 unspecified atom stereocenters. The molecule has 1 atom stereocenters. The minimum atomic E-state index is -0.345. The molecule has 3 amide bonds. The van der Waals surface area contributed by atoms with E-state index in [4.69, 9.17) is 9.47 Å². The molecule has 0 radical (unpaired) electrons. The number of ether oxygens (including phenoxy) is 2. The Morgan fingerprint density at radius 1 is 1.00 bits per heavy atom. The number of carbonyl (C=O) groups is 3. The lowest BCUT2D eigenvalue weighted by atomic mass is 10.1. The fourth-order valence-electron chi connectivity index (χ4n) is 4.16. The van der Waals surface area contributed by atoms with E-state index < -0.39 is 0 Å². The van der Waals surface area contributed by atoms with E-state index in [1.807, 2.05) is 0 Å². The first-order valence-corrected chi connectivity index (χ1v) is 11.6. The second-order valence-electron chi connectivity index (χ2n) is 8.56. The summed E-state index contributed by atoms with van der Waals surface area (Å²) in [6.45, 7) is 0.912. The van der Waals surface area contributed by atoms with Gasteiger partial charge in [0.05, 0.1) is 23.8 Å². The Balaban J connectivity index is 1.20. The molecule has 0 aliphatic carbocycles. The van der Waals surface area contributed by atoms with E-state index in [0.717, 1.165) is 12.8 Å². The average molecular weight is 486 g/mol. The molecule has 3 aromatic carbocycles. The van der Waals surface area contributed by atoms with Crippen molar-refractivity contribution in [1.29, 1.82) is 0 Å². The predicted molar refractivity (Wildman–Crippen MR) is 131 cm³/mol. The molecule has 2 aliphatic rings. The number of nitrogens with zero attached hydrogens (tertiary/aromatic N) is 1. The van der Waals surface area contributed by atoms with E-state index in [-0.39, 0.29) is 36.2 Å². The van der Waals surface area contributed by atoms with Crippen molar-refractivity contribution >= 4 is 29.5 Å². The number of amides is 3. The monoisotopic (exact) mass is 486 g/mol. The Bertz CT molecular complexity index is 1330. The van der Waals surface area contributed by atoms with Crippen LogP contribution in [-0.4, -0.2) is 41.9 Å². The summed E-state index contributed by atoms with van der Waals surface area (Å²) in [5, 5.41) is 2.74. The fourth-order valence-corrected chi connectivity index (χ4v) is 4.16. The average Bonchev–Trinajstić information content (AvgIpc) is 3.48. The summed E-state index contributed by atoms with van der Waals surface area (Å²) in [6, 6.07) is 17.4. The van der Waals surface area contributed by atoms with Crippen LogP contribution in [0.1, 0.15) is 39.1 Å². The summed E-state index contributed by atoms with van der Waals surface area (Å²) in [6.07, 6.45) is 4.61. The molecule has 7 nitrogen and oxygen atoms in total. The van der Waals surface area contributed by atoms with Crippen molar-refractivity contribution in [3.63, 3.8) is 0 Å². The number of hydrogen-bond acceptors (Lipinski definition) is 5. The number of fused-ring (bicyclic) bond motifs is 1. The molecule has 0 saturated carbocycles. The zero-order chi connectivity index (χ0) is 25.1. The largest absolute Gasteiger partial charge is 0.457 e. The van der Waals surface area contributed by atoms with Crippen LogP contribution in [0, 0.1) is 5.82 Å². The highest BCUT2D eigenvalue weighted by atomic mass is 19.1. The highest BCUT2D eigenvalue weighted by Gasteiger charge is 2.37. The van der Waals surface area contributed by atoms with Crippen molar-refractivity contribution in [3.8, 4) is 11.5 Å². The first-order valence-electron chi connectivity index (χ1n) is 11.6. The smallest absolute Gasteiger partial charge is 0.261 e. The Kier molecular flexibility index (Phi) is 6.60. The quantitative estimate of drug-likeness (QED) is 0.373. The summed E-state index contributed by atoms with van der Waals surface area (Å²) < 4.78 is 24.4. The molecule has 8 heteroatoms. The molecular weight excluding hydrogens is 463 g/mol. The molecule has 0 spiro atoms. The second kappa shape index (κ2) is 10.1. The highest BCUT2D eigenvalue weighted by molar-refractivity contribution is 6.21. The number of rotatable bonds is 7. The van der Waals surface area contributed by atoms with Gasteiger partial charge in [-0.3, -0.25) is 19.3 Å². The fraction of sp³-hybridized carbons (Fsp3) is 0.179. The van der Waals surface area contributed by atoms with E-state index in [0.29, 0.717) is 40.5 Å². The molecule has 3 aromatic rings. The van der Waals surface area contributed by atoms with E-state index in [9.17, 15) is 18.8 Å². The van der Waals surface area contributed by atoms with E-state index in [2.05, 4.69) is 5.32 Å². The number of benzene rings is 3. The zero-order valence-corrected chi connectivity index (χ0v) is 19.3. The second-order valence-corrected chi connectivity index (χ2v) is 8.56. The van der Waals surface area contributed by atoms with Crippen molar-refractivity contribution in [3.05, 3.63) is 95.3 Å². The maximum atomic E-state index is 13.0. The van der Waals surface area contributed by atoms with Crippen LogP contribution in [0.25, 0.3) is 6.08 Å². The van der Waals surface area contributed by atoms with Gasteiger partial charge in [0, 0.05) is 18.4 Å². The third-order valence-corrected chi connectivity index (χ3v) is 6.01. The number of carbonyl (C=O) groups excluding carboxylic acids is 3. The Morgan fingerprint density at radius 3 is 2.44 bits per heavy atom. The topological polar surface area (TPSA) is 84.9 Å². The molecule has 2 aliphatic heterocycles. The Labute approximate surface area is 207 Å². The Hall–Kier alpha value is -4.30. The van der Waals surface area contributed by atoms with Crippen LogP contribution < -0.4 is 10.1 Å². The first kappa shape index (κ1) is 23.4. The number of imide groups is 1. The number of anilines is 1. The van der Waals surface area contributed by atoms with Gasteiger partial charge >= 0.3 is 0 Å². The zero-order valence-electron chi connectivity index (χ0n) is 19.3. The molecule has 1 saturated heterocycles. The molecule has 5 rings (SSSR count). The lowest BCUT2D eigenvalue weighted by molar-refractivity contribution is -0.111. The number of halogens is 1. The maximum absolute atomic E-state index is 13.0. The van der Waals surface area contributed by atoms with Crippen LogP contribution in [0.15, 0.2) is 72.8 Å². The lowest BCUT2D eigenvalue weighted by Crippen LogP contribution is -2.36. The molecule has 2 heterocycles. The predicted octanol–water partition coefficient (Wildman–Crippen LogP) is 5.04. The van der Waals surface area contributed by atoms with Crippen LogP contribution in [0.5, 0.6) is 11.5 Å². The van der Waals surface area contributed by atoms with Crippen molar-refractivity contribution < 1.29 is 28.2 Å². The van der Waals surface area contributed by atoms with Crippen molar-refractivity contribution in [2.45, 2.75) is 18.9 Å². The third-order valence-electron chi connectivity index (χ3n) is 6.01. The lowest BCUT2D eigenvalue weighted by Gasteiger charge is -2.17. The SMILES string of the molecule is O=C(/C=C/c1ccc(F)cc1)Nc1ccc(Oc2ccc3c(c2)C(=O)N(CC2CCCO2)C3=O)cc1. The van der Waals surface area contributed by atoms with Gasteiger partial charge in [-0.25, -0.2) is 4.39 Å². The van der Waals surface area contributed by atoms with Crippen molar-refractivity contribution in [2.24, 2.45) is 0 Å². The standard InChI is InChI=1S/C28H23FN2O5/c29-19-6-3-18(4-7-19)5-14-26(32)30-20-8-10-21(11-9-20)36-22-12-13-24-25(16-22)28(34)31(27(24)33)17-23-2-1-15-35-23/h3-14,16,23H,1-2,15,17H2,(H,30,32)/b14-5+.